The zero-order valence-electron chi connectivity index (χ0n) is 10.9. The van der Waals surface area contributed by atoms with E-state index < -0.39 is 0 Å². The molecule has 1 heterocycles. The van der Waals surface area contributed by atoms with E-state index >= 15 is 0 Å². The molecule has 3 heteroatoms. The average molecular weight is 248 g/mol. The highest BCUT2D eigenvalue weighted by atomic mass is 16.7. The summed E-state index contributed by atoms with van der Waals surface area (Å²) in [4.78, 5) is 11.7. The minimum atomic E-state index is -0.227. The number of hydrogen-bond donors (Lipinski definition) is 0. The second-order valence-electron chi connectivity index (χ2n) is 4.63. The van der Waals surface area contributed by atoms with Crippen LogP contribution in [0.25, 0.3) is 0 Å². The summed E-state index contributed by atoms with van der Waals surface area (Å²) in [5.41, 5.74) is 2.09. The molecule has 1 aliphatic rings. The summed E-state index contributed by atoms with van der Waals surface area (Å²) in [5.74, 6) is 0.318. The van der Waals surface area contributed by atoms with Crippen LogP contribution in [0.4, 0.5) is 0 Å². The molecule has 1 aromatic rings. The Hall–Kier alpha value is -1.19. The van der Waals surface area contributed by atoms with Crippen molar-refractivity contribution in [2.24, 2.45) is 0 Å². The number of Topliss-reactive ketones (excluding diaryl/α,β-unsaturated/α-hetero) is 1. The van der Waals surface area contributed by atoms with Gasteiger partial charge in [-0.15, -0.1) is 0 Å². The van der Waals surface area contributed by atoms with Gasteiger partial charge in [-0.05, 0) is 12.0 Å². The summed E-state index contributed by atoms with van der Waals surface area (Å²) in [6.07, 6.45) is 3.05. The standard InChI is InChI=1S/C15H20O3/c1-2-3-4-14(16)11-12-5-7-13(8-6-12)15-17-9-10-18-15/h5-8,15H,2-4,9-11H2,1H3. The number of carbonyl (C=O) groups excluding carboxylic acids is 1. The molecule has 0 aromatic heterocycles. The van der Waals surface area contributed by atoms with Gasteiger partial charge in [0.05, 0.1) is 13.2 Å². The number of hydrogen-bond acceptors (Lipinski definition) is 3. The Morgan fingerprint density at radius 1 is 1.22 bits per heavy atom. The molecule has 3 nitrogen and oxygen atoms in total. The van der Waals surface area contributed by atoms with Crippen LogP contribution < -0.4 is 0 Å². The third kappa shape index (κ3) is 3.65. The SMILES string of the molecule is CCCCC(=O)Cc1ccc(C2OCCO2)cc1. The fraction of sp³-hybridized carbons (Fsp3) is 0.533. The smallest absolute Gasteiger partial charge is 0.184 e. The van der Waals surface area contributed by atoms with Crippen LogP contribution in [0.3, 0.4) is 0 Å². The molecule has 98 valence electrons. The summed E-state index contributed by atoms with van der Waals surface area (Å²) >= 11 is 0. The Kier molecular flexibility index (Phi) is 4.90. The van der Waals surface area contributed by atoms with Crippen molar-refractivity contribution in [3.05, 3.63) is 35.4 Å². The third-order valence-electron chi connectivity index (χ3n) is 3.08. The molecular weight excluding hydrogens is 228 g/mol. The molecule has 2 rings (SSSR count). The largest absolute Gasteiger partial charge is 0.346 e. The Morgan fingerprint density at radius 3 is 2.50 bits per heavy atom. The first-order valence-corrected chi connectivity index (χ1v) is 6.63. The van der Waals surface area contributed by atoms with Gasteiger partial charge in [0.15, 0.2) is 6.29 Å². The number of benzene rings is 1. The van der Waals surface area contributed by atoms with Crippen LogP contribution in [0.15, 0.2) is 24.3 Å². The molecule has 1 aliphatic heterocycles. The molecule has 1 aromatic carbocycles. The van der Waals surface area contributed by atoms with Crippen molar-refractivity contribution in [2.45, 2.75) is 38.9 Å². The first-order valence-electron chi connectivity index (χ1n) is 6.63. The third-order valence-corrected chi connectivity index (χ3v) is 3.08. The normalized spacial score (nSPS) is 16.1. The summed E-state index contributed by atoms with van der Waals surface area (Å²) in [7, 11) is 0. The molecule has 0 saturated carbocycles. The van der Waals surface area contributed by atoms with E-state index in [9.17, 15) is 4.79 Å². The van der Waals surface area contributed by atoms with Crippen LogP contribution in [0.1, 0.15) is 43.6 Å². The van der Waals surface area contributed by atoms with Crippen LogP contribution in [0.2, 0.25) is 0 Å². The van der Waals surface area contributed by atoms with Gasteiger partial charge in [-0.25, -0.2) is 0 Å². The van der Waals surface area contributed by atoms with E-state index in [1.165, 1.54) is 0 Å². The molecule has 0 amide bonds. The van der Waals surface area contributed by atoms with E-state index in [1.807, 2.05) is 24.3 Å². The Bertz CT molecular complexity index is 377. The second-order valence-corrected chi connectivity index (χ2v) is 4.63. The second kappa shape index (κ2) is 6.66. The van der Waals surface area contributed by atoms with E-state index in [0.717, 1.165) is 24.0 Å². The van der Waals surface area contributed by atoms with Crippen molar-refractivity contribution < 1.29 is 14.3 Å². The van der Waals surface area contributed by atoms with Gasteiger partial charge < -0.3 is 9.47 Å². The van der Waals surface area contributed by atoms with E-state index in [-0.39, 0.29) is 6.29 Å². The lowest BCUT2D eigenvalue weighted by atomic mass is 10.0. The molecule has 0 radical (unpaired) electrons. The average Bonchev–Trinajstić information content (AvgIpc) is 2.91. The number of ketones is 1. The van der Waals surface area contributed by atoms with Crippen LogP contribution in [-0.4, -0.2) is 19.0 Å². The molecule has 0 bridgehead atoms. The maximum absolute atomic E-state index is 11.7. The lowest BCUT2D eigenvalue weighted by molar-refractivity contribution is -0.118. The first-order chi connectivity index (χ1) is 8.79. The molecule has 0 aliphatic carbocycles. The molecule has 0 atom stereocenters. The summed E-state index contributed by atoms with van der Waals surface area (Å²) in [6.45, 7) is 3.41. The van der Waals surface area contributed by atoms with E-state index in [0.29, 0.717) is 31.8 Å². The van der Waals surface area contributed by atoms with Crippen LogP contribution >= 0.6 is 0 Å². The Morgan fingerprint density at radius 2 is 1.89 bits per heavy atom. The maximum Gasteiger partial charge on any atom is 0.184 e. The number of carbonyl (C=O) groups is 1. The maximum atomic E-state index is 11.7. The number of unbranched alkanes of at least 4 members (excludes halogenated alkanes) is 1. The van der Waals surface area contributed by atoms with Gasteiger partial charge in [-0.3, -0.25) is 4.79 Å². The fourth-order valence-electron chi connectivity index (χ4n) is 2.03. The van der Waals surface area contributed by atoms with Crippen molar-refractivity contribution in [1.82, 2.24) is 0 Å². The van der Waals surface area contributed by atoms with Crippen molar-refractivity contribution in [3.63, 3.8) is 0 Å². The summed E-state index contributed by atoms with van der Waals surface area (Å²) in [5, 5.41) is 0. The number of rotatable bonds is 6. The first kappa shape index (κ1) is 13.2. The topological polar surface area (TPSA) is 35.5 Å². The van der Waals surface area contributed by atoms with Crippen molar-refractivity contribution in [2.75, 3.05) is 13.2 Å². The zero-order valence-corrected chi connectivity index (χ0v) is 10.9. The van der Waals surface area contributed by atoms with Gasteiger partial charge in [0.25, 0.3) is 0 Å². The highest BCUT2D eigenvalue weighted by Gasteiger charge is 2.17. The Balaban J connectivity index is 1.88. The Labute approximate surface area is 108 Å². The van der Waals surface area contributed by atoms with E-state index in [2.05, 4.69) is 6.92 Å². The highest BCUT2D eigenvalue weighted by Crippen LogP contribution is 2.23. The predicted octanol–water partition coefficient (Wildman–Crippen LogP) is 3.03. The molecule has 0 N–H and O–H groups in total. The zero-order chi connectivity index (χ0) is 12.8. The van der Waals surface area contributed by atoms with Crippen LogP contribution in [-0.2, 0) is 20.7 Å². The molecule has 0 spiro atoms. The lowest BCUT2D eigenvalue weighted by Gasteiger charge is -2.09. The minimum absolute atomic E-state index is 0.227. The quantitative estimate of drug-likeness (QED) is 0.776. The molecular formula is C15H20O3. The van der Waals surface area contributed by atoms with Crippen LogP contribution in [0, 0.1) is 0 Å². The van der Waals surface area contributed by atoms with Gasteiger partial charge in [0.2, 0.25) is 0 Å². The van der Waals surface area contributed by atoms with E-state index in [4.69, 9.17) is 9.47 Å². The molecule has 1 saturated heterocycles. The predicted molar refractivity (Wildman–Crippen MR) is 69.3 cm³/mol. The van der Waals surface area contributed by atoms with Gasteiger partial charge in [0, 0.05) is 18.4 Å². The van der Waals surface area contributed by atoms with Crippen molar-refractivity contribution in [1.29, 1.82) is 0 Å². The van der Waals surface area contributed by atoms with Gasteiger partial charge in [-0.1, -0.05) is 37.6 Å². The lowest BCUT2D eigenvalue weighted by Crippen LogP contribution is -2.03. The van der Waals surface area contributed by atoms with Gasteiger partial charge in [-0.2, -0.15) is 0 Å². The molecule has 0 unspecified atom stereocenters. The summed E-state index contributed by atoms with van der Waals surface area (Å²) in [6, 6.07) is 7.95. The fourth-order valence-corrected chi connectivity index (χ4v) is 2.03. The van der Waals surface area contributed by atoms with Crippen molar-refractivity contribution >= 4 is 5.78 Å². The van der Waals surface area contributed by atoms with Gasteiger partial charge in [0.1, 0.15) is 5.78 Å². The summed E-state index contributed by atoms with van der Waals surface area (Å²) < 4.78 is 10.8. The van der Waals surface area contributed by atoms with Gasteiger partial charge >= 0.3 is 0 Å². The molecule has 18 heavy (non-hydrogen) atoms. The highest BCUT2D eigenvalue weighted by molar-refractivity contribution is 5.80. The number of ether oxygens (including phenoxy) is 2. The molecule has 1 fully saturated rings. The van der Waals surface area contributed by atoms with E-state index in [1.54, 1.807) is 0 Å². The van der Waals surface area contributed by atoms with Crippen molar-refractivity contribution in [3.8, 4) is 0 Å². The van der Waals surface area contributed by atoms with Crippen LogP contribution in [0.5, 0.6) is 0 Å². The minimum Gasteiger partial charge on any atom is -0.346 e. The monoisotopic (exact) mass is 248 g/mol.